The number of benzene rings is 1. The number of alkyl halides is 3. The fourth-order valence-electron chi connectivity index (χ4n) is 4.50. The van der Waals surface area contributed by atoms with Crippen LogP contribution >= 0.6 is 11.8 Å². The van der Waals surface area contributed by atoms with Gasteiger partial charge >= 0.3 is 6.18 Å². The Hall–Kier alpha value is -2.44. The van der Waals surface area contributed by atoms with Gasteiger partial charge in [-0.2, -0.15) is 13.2 Å². The highest BCUT2D eigenvalue weighted by atomic mass is 32.2. The summed E-state index contributed by atoms with van der Waals surface area (Å²) in [5, 5.41) is 1.68. The van der Waals surface area contributed by atoms with Crippen molar-refractivity contribution in [1.82, 2.24) is 4.57 Å². The first-order valence-corrected chi connectivity index (χ1v) is 12.1. The first-order chi connectivity index (χ1) is 15.7. The van der Waals surface area contributed by atoms with Crippen LogP contribution in [-0.2, 0) is 22.4 Å². The molecule has 5 rings (SSSR count). The highest BCUT2D eigenvalue weighted by molar-refractivity contribution is 8.04. The average Bonchev–Trinajstić information content (AvgIpc) is 3.51. The van der Waals surface area contributed by atoms with Gasteiger partial charge in [0.1, 0.15) is 10.00 Å². The van der Waals surface area contributed by atoms with E-state index in [1.807, 2.05) is 0 Å². The monoisotopic (exact) mass is 500 g/mol. The summed E-state index contributed by atoms with van der Waals surface area (Å²) in [6.45, 7) is 0.253. The normalized spacial score (nSPS) is 24.5. The molecule has 2 N–H and O–H groups in total. The summed E-state index contributed by atoms with van der Waals surface area (Å²) in [7, 11) is 0. The van der Waals surface area contributed by atoms with Crippen molar-refractivity contribution in [3.05, 3.63) is 62.9 Å². The van der Waals surface area contributed by atoms with Gasteiger partial charge in [0.15, 0.2) is 16.8 Å². The summed E-state index contributed by atoms with van der Waals surface area (Å²) in [4.78, 5) is 13.4. The van der Waals surface area contributed by atoms with Crippen LogP contribution in [0.4, 0.5) is 18.9 Å². The third-order valence-electron chi connectivity index (χ3n) is 6.07. The van der Waals surface area contributed by atoms with Crippen molar-refractivity contribution in [2.45, 2.75) is 35.6 Å². The van der Waals surface area contributed by atoms with Gasteiger partial charge in [0.2, 0.25) is 12.5 Å². The first kappa shape index (κ1) is 22.4. The lowest BCUT2D eigenvalue weighted by Crippen LogP contribution is -2.33. The van der Waals surface area contributed by atoms with E-state index in [9.17, 15) is 26.7 Å². The molecule has 0 radical (unpaired) electrons. The van der Waals surface area contributed by atoms with Crippen LogP contribution in [0.25, 0.3) is 0 Å². The molecule has 176 valence electrons. The van der Waals surface area contributed by atoms with E-state index in [4.69, 9.17) is 9.47 Å². The molecule has 1 aromatic carbocycles. The van der Waals surface area contributed by atoms with Crippen molar-refractivity contribution < 1.29 is 31.4 Å². The number of allylic oxidation sites excluding steroid dienone is 1. The molecule has 2 aromatic rings. The van der Waals surface area contributed by atoms with Crippen LogP contribution in [0.15, 0.2) is 46.1 Å². The number of anilines is 1. The molecule has 3 unspecified atom stereocenters. The molecular formula is C21H19F3N2O5S2. The standard InChI is InChI=1S/C21H19F3N2O5S2/c22-21(23,24)17-6-5-12(32-17)10-25-14-4-2-1-3-13(14)20(33(28)29)7-8-26-16(20)9-15-18(19(26)27)31-11-30-15/h1-5,9,17,25H,6-8,10-11H2,(H,28,29). The Balaban J connectivity index is 1.50. The van der Waals surface area contributed by atoms with Crippen LogP contribution in [0.1, 0.15) is 24.1 Å². The highest BCUT2D eigenvalue weighted by Crippen LogP contribution is 2.48. The van der Waals surface area contributed by atoms with Crippen molar-refractivity contribution in [3.8, 4) is 11.5 Å². The highest BCUT2D eigenvalue weighted by Gasteiger charge is 2.49. The number of pyridine rings is 1. The molecule has 3 aliphatic rings. The maximum atomic E-state index is 13.0. The lowest BCUT2D eigenvalue weighted by atomic mass is 9.91. The van der Waals surface area contributed by atoms with Crippen LogP contribution < -0.4 is 20.3 Å². The number of nitrogens with one attached hydrogen (secondary N) is 1. The second-order valence-electron chi connectivity index (χ2n) is 7.87. The van der Waals surface area contributed by atoms with Crippen molar-refractivity contribution in [3.63, 3.8) is 0 Å². The Labute approximate surface area is 193 Å². The van der Waals surface area contributed by atoms with Gasteiger partial charge < -0.3 is 23.9 Å². The SMILES string of the molecule is O=c1c2c(cc3n1CCC3(c1ccccc1NCC1=CCC(C(F)(F)F)S1)S(=O)O)OCO2. The van der Waals surface area contributed by atoms with Gasteiger partial charge in [0.05, 0.1) is 5.69 Å². The topological polar surface area (TPSA) is 89.8 Å². The van der Waals surface area contributed by atoms with Crippen molar-refractivity contribution in [1.29, 1.82) is 0 Å². The largest absolute Gasteiger partial charge is 0.453 e. The second-order valence-corrected chi connectivity index (χ2v) is 10.4. The predicted octanol–water partition coefficient (Wildman–Crippen LogP) is 3.81. The maximum Gasteiger partial charge on any atom is 0.401 e. The zero-order valence-electron chi connectivity index (χ0n) is 17.1. The zero-order chi connectivity index (χ0) is 23.4. The lowest BCUT2D eigenvalue weighted by molar-refractivity contribution is -0.127. The quantitative estimate of drug-likeness (QED) is 0.604. The Morgan fingerprint density at radius 3 is 2.82 bits per heavy atom. The number of hydrogen-bond donors (Lipinski definition) is 2. The molecule has 12 heteroatoms. The number of nitrogens with zero attached hydrogens (tertiary/aromatic N) is 1. The summed E-state index contributed by atoms with van der Waals surface area (Å²) < 4.78 is 72.9. The van der Waals surface area contributed by atoms with Crippen LogP contribution in [0, 0.1) is 0 Å². The molecule has 0 spiro atoms. The number of fused-ring (bicyclic) bond motifs is 2. The Kier molecular flexibility index (Phi) is 5.49. The van der Waals surface area contributed by atoms with Gasteiger partial charge in [-0.25, -0.2) is 4.21 Å². The molecule has 0 bridgehead atoms. The molecule has 1 aromatic heterocycles. The Morgan fingerprint density at radius 1 is 1.30 bits per heavy atom. The van der Waals surface area contributed by atoms with E-state index in [1.165, 1.54) is 4.57 Å². The number of rotatable bonds is 5. The molecule has 33 heavy (non-hydrogen) atoms. The summed E-state index contributed by atoms with van der Waals surface area (Å²) in [5.41, 5.74) is 0.892. The summed E-state index contributed by atoms with van der Waals surface area (Å²) in [6.07, 6.45) is -2.61. The van der Waals surface area contributed by atoms with E-state index in [1.54, 1.807) is 36.4 Å². The minimum atomic E-state index is -4.27. The third-order valence-corrected chi connectivity index (χ3v) is 8.66. The predicted molar refractivity (Wildman–Crippen MR) is 118 cm³/mol. The van der Waals surface area contributed by atoms with Gasteiger partial charge in [0.25, 0.3) is 5.56 Å². The molecule has 0 fully saturated rings. The lowest BCUT2D eigenvalue weighted by Gasteiger charge is -2.29. The summed E-state index contributed by atoms with van der Waals surface area (Å²) >= 11 is -1.64. The molecule has 3 aliphatic heterocycles. The van der Waals surface area contributed by atoms with Crippen molar-refractivity contribution >= 4 is 28.5 Å². The minimum absolute atomic E-state index is 0.0779. The number of ether oxygens (including phenoxy) is 2. The van der Waals surface area contributed by atoms with E-state index >= 15 is 0 Å². The van der Waals surface area contributed by atoms with Gasteiger partial charge in [-0.05, 0) is 18.9 Å². The molecule has 0 saturated heterocycles. The molecule has 4 heterocycles. The summed E-state index contributed by atoms with van der Waals surface area (Å²) in [5.74, 6) is 0.299. The summed E-state index contributed by atoms with van der Waals surface area (Å²) in [6, 6.07) is 8.40. The van der Waals surface area contributed by atoms with Crippen LogP contribution in [0.3, 0.4) is 0 Å². The molecule has 0 aliphatic carbocycles. The number of thioether (sulfide) groups is 1. The average molecular weight is 501 g/mol. The number of aromatic nitrogens is 1. The van der Waals surface area contributed by atoms with E-state index in [0.29, 0.717) is 21.8 Å². The van der Waals surface area contributed by atoms with E-state index in [0.717, 1.165) is 11.8 Å². The Bertz CT molecular complexity index is 1230. The zero-order valence-corrected chi connectivity index (χ0v) is 18.7. The van der Waals surface area contributed by atoms with Gasteiger partial charge in [-0.3, -0.25) is 4.79 Å². The van der Waals surface area contributed by atoms with Crippen LogP contribution in [0.2, 0.25) is 0 Å². The fourth-order valence-corrected chi connectivity index (χ4v) is 6.52. The van der Waals surface area contributed by atoms with E-state index in [-0.39, 0.29) is 44.2 Å². The molecule has 0 amide bonds. The molecule has 7 nitrogen and oxygen atoms in total. The minimum Gasteiger partial charge on any atom is -0.453 e. The van der Waals surface area contributed by atoms with Crippen LogP contribution in [-0.4, -0.2) is 38.1 Å². The van der Waals surface area contributed by atoms with Gasteiger partial charge in [-0.15, -0.1) is 11.8 Å². The van der Waals surface area contributed by atoms with Crippen molar-refractivity contribution in [2.24, 2.45) is 0 Å². The number of hydrogen-bond acceptors (Lipinski definition) is 6. The molecule has 0 saturated carbocycles. The number of para-hydroxylation sites is 1. The maximum absolute atomic E-state index is 13.0. The van der Waals surface area contributed by atoms with Crippen molar-refractivity contribution in [2.75, 3.05) is 18.7 Å². The van der Waals surface area contributed by atoms with E-state index < -0.39 is 32.8 Å². The van der Waals surface area contributed by atoms with Crippen LogP contribution in [0.5, 0.6) is 11.5 Å². The van der Waals surface area contributed by atoms with Gasteiger partial charge in [0, 0.05) is 35.3 Å². The third kappa shape index (κ3) is 3.64. The smallest absolute Gasteiger partial charge is 0.401 e. The Morgan fingerprint density at radius 2 is 2.09 bits per heavy atom. The second kappa shape index (κ2) is 8.10. The van der Waals surface area contributed by atoms with E-state index in [2.05, 4.69) is 5.32 Å². The molecular weight excluding hydrogens is 481 g/mol. The molecule has 3 atom stereocenters. The number of halogens is 3. The van der Waals surface area contributed by atoms with Gasteiger partial charge in [-0.1, -0.05) is 24.3 Å². The fraction of sp³-hybridized carbons (Fsp3) is 0.381. The first-order valence-electron chi connectivity index (χ1n) is 10.1.